The molecule has 0 heterocycles. The van der Waals surface area contributed by atoms with E-state index in [1.807, 2.05) is 0 Å². The maximum Gasteiger partial charge on any atom is 0.315 e. The van der Waals surface area contributed by atoms with Crippen molar-refractivity contribution in [3.8, 4) is 0 Å². The molecule has 100 valence electrons. The lowest BCUT2D eigenvalue weighted by molar-refractivity contribution is 0.240. The Kier molecular flexibility index (Phi) is 6.50. The number of benzene rings is 1. The highest BCUT2D eigenvalue weighted by atomic mass is 35.5. The summed E-state index contributed by atoms with van der Waals surface area (Å²) >= 11 is 5.85. The second-order valence-electron chi connectivity index (χ2n) is 4.05. The van der Waals surface area contributed by atoms with Crippen LogP contribution in [0.2, 0.25) is 5.02 Å². The predicted molar refractivity (Wildman–Crippen MR) is 71.2 cm³/mol. The first-order valence-corrected chi connectivity index (χ1v) is 6.47. The van der Waals surface area contributed by atoms with Crippen LogP contribution in [0, 0.1) is 5.82 Å². The topological polar surface area (TPSA) is 41.1 Å². The summed E-state index contributed by atoms with van der Waals surface area (Å²) in [6.07, 6.45) is 3.19. The van der Waals surface area contributed by atoms with Crippen molar-refractivity contribution >= 4 is 17.6 Å². The Morgan fingerprint density at radius 1 is 1.33 bits per heavy atom. The molecule has 0 aliphatic heterocycles. The maximum atomic E-state index is 12.8. The lowest BCUT2D eigenvalue weighted by Crippen LogP contribution is -2.35. The molecule has 0 radical (unpaired) electrons. The summed E-state index contributed by atoms with van der Waals surface area (Å²) in [7, 11) is 0. The first-order chi connectivity index (χ1) is 8.63. The zero-order chi connectivity index (χ0) is 13.4. The van der Waals surface area contributed by atoms with Crippen molar-refractivity contribution in [2.45, 2.75) is 32.7 Å². The third kappa shape index (κ3) is 5.36. The van der Waals surface area contributed by atoms with Gasteiger partial charge < -0.3 is 10.6 Å². The summed E-state index contributed by atoms with van der Waals surface area (Å²) in [5.74, 6) is -0.382. The largest absolute Gasteiger partial charge is 0.338 e. The van der Waals surface area contributed by atoms with Crippen LogP contribution in [-0.2, 0) is 6.54 Å². The molecule has 3 nitrogen and oxygen atoms in total. The van der Waals surface area contributed by atoms with Crippen LogP contribution < -0.4 is 10.6 Å². The van der Waals surface area contributed by atoms with E-state index in [-0.39, 0.29) is 11.8 Å². The second kappa shape index (κ2) is 7.93. The molecule has 0 aromatic heterocycles. The van der Waals surface area contributed by atoms with E-state index in [0.717, 1.165) is 19.3 Å². The van der Waals surface area contributed by atoms with E-state index >= 15 is 0 Å². The summed E-state index contributed by atoms with van der Waals surface area (Å²) in [6.45, 7) is 3.06. The molecule has 1 aromatic carbocycles. The fourth-order valence-corrected chi connectivity index (χ4v) is 1.71. The van der Waals surface area contributed by atoms with Gasteiger partial charge in [0.2, 0.25) is 0 Å². The molecule has 0 spiro atoms. The van der Waals surface area contributed by atoms with Crippen LogP contribution in [0.15, 0.2) is 18.2 Å². The maximum absolute atomic E-state index is 12.8. The Morgan fingerprint density at radius 2 is 2.11 bits per heavy atom. The van der Waals surface area contributed by atoms with Crippen molar-refractivity contribution in [3.05, 3.63) is 34.6 Å². The van der Waals surface area contributed by atoms with Crippen LogP contribution in [0.4, 0.5) is 9.18 Å². The number of unbranched alkanes of at least 4 members (excludes halogenated alkanes) is 2. The zero-order valence-electron chi connectivity index (χ0n) is 10.4. The Labute approximate surface area is 112 Å². The molecule has 0 aliphatic carbocycles. The third-order valence-corrected chi connectivity index (χ3v) is 2.87. The van der Waals surface area contributed by atoms with Crippen molar-refractivity contribution < 1.29 is 9.18 Å². The highest BCUT2D eigenvalue weighted by molar-refractivity contribution is 6.31. The standard InChI is InChI=1S/C13H18ClFN2O/c1-2-3-4-7-16-13(18)17-9-10-5-6-11(15)8-12(10)14/h5-6,8H,2-4,7,9H2,1H3,(H2,16,17,18). The number of amides is 2. The fourth-order valence-electron chi connectivity index (χ4n) is 1.48. The average molecular weight is 273 g/mol. The van der Waals surface area contributed by atoms with Crippen LogP contribution in [0.3, 0.4) is 0 Å². The van der Waals surface area contributed by atoms with Crippen LogP contribution in [0.25, 0.3) is 0 Å². The van der Waals surface area contributed by atoms with Gasteiger partial charge in [0.15, 0.2) is 0 Å². The van der Waals surface area contributed by atoms with Crippen LogP contribution in [-0.4, -0.2) is 12.6 Å². The van der Waals surface area contributed by atoms with Crippen LogP contribution in [0.1, 0.15) is 31.7 Å². The van der Waals surface area contributed by atoms with Gasteiger partial charge in [-0.25, -0.2) is 9.18 Å². The number of carbonyl (C=O) groups is 1. The van der Waals surface area contributed by atoms with Crippen molar-refractivity contribution in [1.82, 2.24) is 10.6 Å². The lowest BCUT2D eigenvalue weighted by Gasteiger charge is -2.08. The number of urea groups is 1. The lowest BCUT2D eigenvalue weighted by atomic mass is 10.2. The van der Waals surface area contributed by atoms with E-state index in [1.54, 1.807) is 6.07 Å². The number of rotatable bonds is 6. The monoisotopic (exact) mass is 272 g/mol. The zero-order valence-corrected chi connectivity index (χ0v) is 11.2. The fraction of sp³-hybridized carbons (Fsp3) is 0.462. The molecule has 1 aromatic rings. The van der Waals surface area contributed by atoms with Crippen LogP contribution in [0.5, 0.6) is 0 Å². The number of halogens is 2. The number of carbonyl (C=O) groups excluding carboxylic acids is 1. The second-order valence-corrected chi connectivity index (χ2v) is 4.46. The van der Waals surface area contributed by atoms with E-state index in [1.165, 1.54) is 12.1 Å². The molecule has 0 atom stereocenters. The molecule has 0 saturated carbocycles. The first-order valence-electron chi connectivity index (χ1n) is 6.09. The number of hydrogen-bond acceptors (Lipinski definition) is 1. The normalized spacial score (nSPS) is 10.2. The molecule has 2 N–H and O–H groups in total. The molecule has 5 heteroatoms. The molecular formula is C13H18ClFN2O. The third-order valence-electron chi connectivity index (χ3n) is 2.52. The molecule has 0 aliphatic rings. The number of hydrogen-bond donors (Lipinski definition) is 2. The first kappa shape index (κ1) is 14.8. The van der Waals surface area contributed by atoms with Crippen molar-refractivity contribution in [2.24, 2.45) is 0 Å². The van der Waals surface area contributed by atoms with Gasteiger partial charge in [-0.3, -0.25) is 0 Å². The van der Waals surface area contributed by atoms with Gasteiger partial charge in [-0.1, -0.05) is 37.4 Å². The van der Waals surface area contributed by atoms with E-state index in [9.17, 15) is 9.18 Å². The van der Waals surface area contributed by atoms with Crippen LogP contribution >= 0.6 is 11.6 Å². The highest BCUT2D eigenvalue weighted by Crippen LogP contribution is 2.16. The summed E-state index contributed by atoms with van der Waals surface area (Å²) < 4.78 is 12.8. The summed E-state index contributed by atoms with van der Waals surface area (Å²) in [4.78, 5) is 11.4. The molecule has 0 unspecified atom stereocenters. The van der Waals surface area contributed by atoms with E-state index < -0.39 is 0 Å². The minimum Gasteiger partial charge on any atom is -0.338 e. The molecule has 0 bridgehead atoms. The Hall–Kier alpha value is -1.29. The molecular weight excluding hydrogens is 255 g/mol. The highest BCUT2D eigenvalue weighted by Gasteiger charge is 2.04. The Balaban J connectivity index is 2.29. The van der Waals surface area contributed by atoms with Gasteiger partial charge in [0.1, 0.15) is 5.82 Å². The summed E-state index contributed by atoms with van der Waals surface area (Å²) in [6, 6.07) is 3.89. The average Bonchev–Trinajstić information content (AvgIpc) is 2.33. The van der Waals surface area contributed by atoms with Crippen molar-refractivity contribution in [2.75, 3.05) is 6.54 Å². The van der Waals surface area contributed by atoms with Gasteiger partial charge in [-0.2, -0.15) is 0 Å². The molecule has 18 heavy (non-hydrogen) atoms. The van der Waals surface area contributed by atoms with E-state index in [2.05, 4.69) is 17.6 Å². The van der Waals surface area contributed by atoms with Gasteiger partial charge >= 0.3 is 6.03 Å². The van der Waals surface area contributed by atoms with Gasteiger partial charge in [0.05, 0.1) is 0 Å². The van der Waals surface area contributed by atoms with Gasteiger partial charge in [0, 0.05) is 18.1 Å². The summed E-state index contributed by atoms with van der Waals surface area (Å²) in [5, 5.41) is 5.75. The smallest absolute Gasteiger partial charge is 0.315 e. The van der Waals surface area contributed by atoms with E-state index in [0.29, 0.717) is 23.7 Å². The minimum atomic E-state index is -0.382. The predicted octanol–water partition coefficient (Wildman–Crippen LogP) is 3.47. The Morgan fingerprint density at radius 3 is 2.78 bits per heavy atom. The van der Waals surface area contributed by atoms with E-state index in [4.69, 9.17) is 11.6 Å². The Bertz CT molecular complexity index is 399. The molecule has 0 fully saturated rings. The molecule has 0 saturated heterocycles. The molecule has 2 amide bonds. The number of nitrogens with one attached hydrogen (secondary N) is 2. The van der Waals surface area contributed by atoms with Gasteiger partial charge in [-0.15, -0.1) is 0 Å². The van der Waals surface area contributed by atoms with Gasteiger partial charge in [0.25, 0.3) is 0 Å². The minimum absolute atomic E-state index is 0.230. The van der Waals surface area contributed by atoms with Crippen molar-refractivity contribution in [1.29, 1.82) is 0 Å². The quantitative estimate of drug-likeness (QED) is 0.765. The van der Waals surface area contributed by atoms with Crippen molar-refractivity contribution in [3.63, 3.8) is 0 Å². The molecule has 1 rings (SSSR count). The van der Waals surface area contributed by atoms with Gasteiger partial charge in [-0.05, 0) is 24.1 Å². The summed E-state index contributed by atoms with van der Waals surface area (Å²) in [5.41, 5.74) is 0.696. The SMILES string of the molecule is CCCCCNC(=O)NCc1ccc(F)cc1Cl.